The van der Waals surface area contributed by atoms with Crippen LogP contribution in [0.15, 0.2) is 36.7 Å². The molecule has 158 valence electrons. The normalized spacial score (nSPS) is 21.0. The number of imide groups is 1. The molecule has 4 rings (SSSR count). The van der Waals surface area contributed by atoms with Crippen LogP contribution in [-0.4, -0.2) is 75.6 Å². The fraction of sp³-hybridized carbons (Fsp3) is 0.429. The van der Waals surface area contributed by atoms with Crippen molar-refractivity contribution in [3.63, 3.8) is 0 Å². The lowest BCUT2D eigenvalue weighted by atomic mass is 10.0. The van der Waals surface area contributed by atoms with Crippen LogP contribution in [0.5, 0.6) is 0 Å². The minimum atomic E-state index is -0.475. The van der Waals surface area contributed by atoms with E-state index in [0.717, 1.165) is 29.6 Å². The van der Waals surface area contributed by atoms with E-state index in [1.54, 1.807) is 4.90 Å². The van der Waals surface area contributed by atoms with Crippen molar-refractivity contribution in [2.24, 2.45) is 11.8 Å². The minimum absolute atomic E-state index is 0.216. The average molecular weight is 430 g/mol. The molecular weight excluding hydrogens is 406 g/mol. The molecule has 0 aliphatic carbocycles. The summed E-state index contributed by atoms with van der Waals surface area (Å²) in [5.41, 5.74) is 1.41. The fourth-order valence-corrected chi connectivity index (χ4v) is 4.50. The number of rotatable bonds is 3. The van der Waals surface area contributed by atoms with Gasteiger partial charge in [-0.25, -0.2) is 4.79 Å². The number of aromatic nitrogens is 2. The monoisotopic (exact) mass is 429 g/mol. The Hall–Kier alpha value is -2.71. The number of likely N-dealkylation sites (tertiary alicyclic amines) is 2. The summed E-state index contributed by atoms with van der Waals surface area (Å²) >= 11 is 6.08. The van der Waals surface area contributed by atoms with E-state index in [2.05, 4.69) is 16.1 Å². The number of nitrogens with zero attached hydrogens (tertiary/aromatic N) is 5. The van der Waals surface area contributed by atoms with Crippen LogP contribution < -0.4 is 0 Å². The van der Waals surface area contributed by atoms with Gasteiger partial charge in [0.2, 0.25) is 5.91 Å². The molecule has 9 heteroatoms. The number of carbonyl (C=O) groups is 3. The number of benzene rings is 1. The third kappa shape index (κ3) is 4.11. The van der Waals surface area contributed by atoms with Crippen LogP contribution in [0.4, 0.5) is 4.79 Å². The standard InChI is InChI=1S/C21H24ClN5O3/c1-14(28)24(2)20(29)16-7-23-27(13-16)21(30)26-11-17-9-25(10-18(17)12-26)8-15-4-3-5-19(22)6-15/h3-7,13,17-18H,8-12H2,1-2H3. The number of halogens is 1. The summed E-state index contributed by atoms with van der Waals surface area (Å²) in [5, 5.41) is 4.79. The molecule has 2 aliphatic rings. The molecule has 2 aromatic rings. The topological polar surface area (TPSA) is 78.8 Å². The van der Waals surface area contributed by atoms with Crippen molar-refractivity contribution in [1.29, 1.82) is 0 Å². The van der Waals surface area contributed by atoms with E-state index in [9.17, 15) is 14.4 Å². The number of hydrogen-bond acceptors (Lipinski definition) is 5. The Kier molecular flexibility index (Phi) is 5.62. The Balaban J connectivity index is 1.34. The van der Waals surface area contributed by atoms with Crippen LogP contribution in [0.2, 0.25) is 5.02 Å². The fourth-order valence-electron chi connectivity index (χ4n) is 4.29. The summed E-state index contributed by atoms with van der Waals surface area (Å²) in [7, 11) is 1.40. The maximum Gasteiger partial charge on any atom is 0.344 e. The molecule has 1 aromatic heterocycles. The second-order valence-electron chi connectivity index (χ2n) is 8.09. The van der Waals surface area contributed by atoms with Gasteiger partial charge >= 0.3 is 6.03 Å². The summed E-state index contributed by atoms with van der Waals surface area (Å²) in [6.45, 7) is 5.39. The Bertz CT molecular complexity index is 977. The van der Waals surface area contributed by atoms with Crippen LogP contribution in [0.25, 0.3) is 0 Å². The number of amides is 3. The maximum atomic E-state index is 12.8. The third-order valence-corrected chi connectivity index (χ3v) is 6.17. The van der Waals surface area contributed by atoms with Gasteiger partial charge in [-0.05, 0) is 29.5 Å². The molecule has 3 heterocycles. The van der Waals surface area contributed by atoms with Gasteiger partial charge in [0.15, 0.2) is 0 Å². The van der Waals surface area contributed by atoms with Crippen molar-refractivity contribution < 1.29 is 14.4 Å². The summed E-state index contributed by atoms with van der Waals surface area (Å²) < 4.78 is 1.19. The first-order valence-corrected chi connectivity index (χ1v) is 10.3. The van der Waals surface area contributed by atoms with E-state index in [1.165, 1.54) is 36.6 Å². The Morgan fingerprint density at radius 1 is 1.17 bits per heavy atom. The Labute approximate surface area is 180 Å². The van der Waals surface area contributed by atoms with E-state index < -0.39 is 5.91 Å². The van der Waals surface area contributed by atoms with E-state index in [-0.39, 0.29) is 17.5 Å². The van der Waals surface area contributed by atoms with Crippen LogP contribution in [0.3, 0.4) is 0 Å². The largest absolute Gasteiger partial charge is 0.344 e. The lowest BCUT2D eigenvalue weighted by Crippen LogP contribution is -2.36. The van der Waals surface area contributed by atoms with Gasteiger partial charge < -0.3 is 4.90 Å². The Morgan fingerprint density at radius 2 is 1.87 bits per heavy atom. The summed E-state index contributed by atoms with van der Waals surface area (Å²) in [5.74, 6) is 0.00700. The van der Waals surface area contributed by atoms with Gasteiger partial charge in [0.1, 0.15) is 0 Å². The minimum Gasteiger partial charge on any atom is -0.322 e. The van der Waals surface area contributed by atoms with Gasteiger partial charge in [-0.1, -0.05) is 23.7 Å². The van der Waals surface area contributed by atoms with Gasteiger partial charge in [0.05, 0.1) is 11.8 Å². The van der Waals surface area contributed by atoms with E-state index in [0.29, 0.717) is 24.9 Å². The molecule has 2 aliphatic heterocycles. The molecule has 8 nitrogen and oxygen atoms in total. The van der Waals surface area contributed by atoms with Crippen LogP contribution in [-0.2, 0) is 11.3 Å². The molecule has 30 heavy (non-hydrogen) atoms. The van der Waals surface area contributed by atoms with Gasteiger partial charge in [0.25, 0.3) is 5.91 Å². The highest BCUT2D eigenvalue weighted by molar-refractivity contribution is 6.30. The summed E-state index contributed by atoms with van der Waals surface area (Å²) in [6, 6.07) is 7.67. The molecule has 0 N–H and O–H groups in total. The lowest BCUT2D eigenvalue weighted by molar-refractivity contribution is -0.125. The molecule has 0 spiro atoms. The van der Waals surface area contributed by atoms with Gasteiger partial charge in [-0.3, -0.25) is 19.4 Å². The number of hydrogen-bond donors (Lipinski definition) is 0. The maximum absolute atomic E-state index is 12.8. The zero-order chi connectivity index (χ0) is 21.4. The van der Waals surface area contributed by atoms with Crippen LogP contribution >= 0.6 is 11.6 Å². The molecule has 1 aromatic carbocycles. The summed E-state index contributed by atoms with van der Waals surface area (Å²) in [6.07, 6.45) is 2.72. The van der Waals surface area contributed by atoms with Crippen molar-refractivity contribution >= 4 is 29.4 Å². The molecule has 0 radical (unpaired) electrons. The molecular formula is C21H24ClN5O3. The quantitative estimate of drug-likeness (QED) is 0.747. The zero-order valence-electron chi connectivity index (χ0n) is 17.0. The van der Waals surface area contributed by atoms with E-state index >= 15 is 0 Å². The van der Waals surface area contributed by atoms with E-state index in [1.807, 2.05) is 18.2 Å². The molecule has 0 saturated carbocycles. The summed E-state index contributed by atoms with van der Waals surface area (Å²) in [4.78, 5) is 41.6. The average Bonchev–Trinajstić information content (AvgIpc) is 3.41. The second-order valence-corrected chi connectivity index (χ2v) is 8.52. The molecule has 2 saturated heterocycles. The highest BCUT2D eigenvalue weighted by Gasteiger charge is 2.42. The first-order chi connectivity index (χ1) is 14.3. The van der Waals surface area contributed by atoms with Crippen molar-refractivity contribution in [3.05, 3.63) is 52.8 Å². The van der Waals surface area contributed by atoms with Crippen molar-refractivity contribution in [2.75, 3.05) is 33.2 Å². The second kappa shape index (κ2) is 8.20. The van der Waals surface area contributed by atoms with E-state index in [4.69, 9.17) is 11.6 Å². The molecule has 3 amide bonds. The number of carbonyl (C=O) groups excluding carboxylic acids is 3. The zero-order valence-corrected chi connectivity index (χ0v) is 17.7. The highest BCUT2D eigenvalue weighted by Crippen LogP contribution is 2.32. The van der Waals surface area contributed by atoms with Crippen molar-refractivity contribution in [3.8, 4) is 0 Å². The molecule has 2 unspecified atom stereocenters. The van der Waals surface area contributed by atoms with Crippen molar-refractivity contribution in [2.45, 2.75) is 13.5 Å². The first kappa shape index (κ1) is 20.6. The predicted molar refractivity (Wildman–Crippen MR) is 111 cm³/mol. The first-order valence-electron chi connectivity index (χ1n) is 9.91. The SMILES string of the molecule is CC(=O)N(C)C(=O)c1cnn(C(=O)N2CC3CN(Cc4cccc(Cl)c4)CC3C2)c1. The predicted octanol–water partition coefficient (Wildman–Crippen LogP) is 2.19. The van der Waals surface area contributed by atoms with Gasteiger partial charge in [-0.15, -0.1) is 0 Å². The van der Waals surface area contributed by atoms with Gasteiger partial charge in [-0.2, -0.15) is 9.78 Å². The van der Waals surface area contributed by atoms with Crippen LogP contribution in [0.1, 0.15) is 22.8 Å². The smallest absolute Gasteiger partial charge is 0.322 e. The molecule has 2 atom stereocenters. The number of fused-ring (bicyclic) bond motifs is 1. The molecule has 0 bridgehead atoms. The Morgan fingerprint density at radius 3 is 2.50 bits per heavy atom. The van der Waals surface area contributed by atoms with Crippen molar-refractivity contribution in [1.82, 2.24) is 24.5 Å². The van der Waals surface area contributed by atoms with Gasteiger partial charge in [0, 0.05) is 57.9 Å². The van der Waals surface area contributed by atoms with Crippen LogP contribution in [0, 0.1) is 11.8 Å². The molecule has 2 fully saturated rings. The lowest BCUT2D eigenvalue weighted by Gasteiger charge is -2.21. The highest BCUT2D eigenvalue weighted by atomic mass is 35.5. The third-order valence-electron chi connectivity index (χ3n) is 5.93.